The second-order valence-corrected chi connectivity index (χ2v) is 13.7. The number of carbonyl (C=O) groups excluding carboxylic acids is 1. The summed E-state index contributed by atoms with van der Waals surface area (Å²) >= 11 is 0. The molecule has 3 heterocycles. The Morgan fingerprint density at radius 1 is 0.929 bits per heavy atom. The molecule has 0 bridgehead atoms. The smallest absolute Gasteiger partial charge is 0.410 e. The number of methoxy groups -OCH3 is 1. The molecule has 42 heavy (non-hydrogen) atoms. The molecule has 1 aliphatic heterocycles. The van der Waals surface area contributed by atoms with Gasteiger partial charge in [-0.05, 0) is 81.8 Å². The molecule has 0 N–H and O–H groups in total. The molecule has 1 fully saturated rings. The summed E-state index contributed by atoms with van der Waals surface area (Å²) < 4.78 is 43.2. The number of hydrogen-bond donors (Lipinski definition) is 0. The first-order chi connectivity index (χ1) is 19.8. The molecule has 1 amide bonds. The third kappa shape index (κ3) is 6.38. The standard InChI is InChI=1S/C32H37N3O6S/c1-21-19-24-10-13-27(33-35(24)30(21)22-7-11-26(12-8-22)42(6,37)38)23-9-14-28(29(20-23)39-5)40-25-15-17-34(18-16-25)31(36)41-32(2,3)4/h7-14,19-20,25H,15-18H2,1-6H3. The molecule has 222 valence electrons. The molecule has 10 heteroatoms. The maximum absolute atomic E-state index is 12.4. The molecule has 2 aromatic carbocycles. The van der Waals surface area contributed by atoms with Gasteiger partial charge in [0.2, 0.25) is 0 Å². The normalized spacial score (nSPS) is 14.7. The van der Waals surface area contributed by atoms with Crippen LogP contribution in [0, 0.1) is 6.92 Å². The number of benzene rings is 2. The number of aromatic nitrogens is 2. The van der Waals surface area contributed by atoms with E-state index in [2.05, 4.69) is 6.07 Å². The molecule has 0 spiro atoms. The summed E-state index contributed by atoms with van der Waals surface area (Å²) in [6.45, 7) is 8.75. The first kappa shape index (κ1) is 29.4. The van der Waals surface area contributed by atoms with E-state index in [-0.39, 0.29) is 17.1 Å². The van der Waals surface area contributed by atoms with Crippen LogP contribution in [0.1, 0.15) is 39.2 Å². The molecule has 2 aromatic heterocycles. The molecule has 4 aromatic rings. The molecule has 0 saturated carbocycles. The zero-order chi connectivity index (χ0) is 30.2. The molecule has 5 rings (SSSR count). The van der Waals surface area contributed by atoms with Crippen molar-refractivity contribution in [3.8, 4) is 34.0 Å². The number of nitrogens with zero attached hydrogens (tertiary/aromatic N) is 3. The fourth-order valence-electron chi connectivity index (χ4n) is 5.13. The van der Waals surface area contributed by atoms with E-state index < -0.39 is 15.4 Å². The van der Waals surface area contributed by atoms with Gasteiger partial charge in [-0.1, -0.05) is 12.1 Å². The Balaban J connectivity index is 1.35. The Hall–Kier alpha value is -4.05. The topological polar surface area (TPSA) is 99.4 Å². The van der Waals surface area contributed by atoms with Crippen LogP contribution in [0.3, 0.4) is 0 Å². The number of likely N-dealkylation sites (tertiary alicyclic amines) is 1. The molecule has 1 saturated heterocycles. The van der Waals surface area contributed by atoms with Gasteiger partial charge in [0.05, 0.1) is 28.9 Å². The highest BCUT2D eigenvalue weighted by Gasteiger charge is 2.28. The largest absolute Gasteiger partial charge is 0.493 e. The second kappa shape index (κ2) is 11.3. The van der Waals surface area contributed by atoms with Crippen molar-refractivity contribution in [2.75, 3.05) is 26.5 Å². The van der Waals surface area contributed by atoms with Crippen LogP contribution in [0.2, 0.25) is 0 Å². The van der Waals surface area contributed by atoms with Crippen molar-refractivity contribution in [1.82, 2.24) is 14.5 Å². The van der Waals surface area contributed by atoms with Crippen LogP contribution in [0.25, 0.3) is 28.0 Å². The fraction of sp³-hybridized carbons (Fsp3) is 0.375. The number of amides is 1. The average Bonchev–Trinajstić information content (AvgIpc) is 3.27. The molecular weight excluding hydrogens is 554 g/mol. The lowest BCUT2D eigenvalue weighted by Crippen LogP contribution is -2.44. The van der Waals surface area contributed by atoms with E-state index in [1.165, 1.54) is 6.26 Å². The molecular formula is C32H37N3O6S. The summed E-state index contributed by atoms with van der Waals surface area (Å²) in [6, 6.07) is 18.7. The van der Waals surface area contributed by atoms with Gasteiger partial charge in [-0.15, -0.1) is 0 Å². The van der Waals surface area contributed by atoms with Gasteiger partial charge in [0.15, 0.2) is 21.3 Å². The van der Waals surface area contributed by atoms with Crippen molar-refractivity contribution >= 4 is 21.4 Å². The quantitative estimate of drug-likeness (QED) is 0.265. The number of aryl methyl sites for hydroxylation is 1. The maximum Gasteiger partial charge on any atom is 0.410 e. The van der Waals surface area contributed by atoms with E-state index in [0.29, 0.717) is 37.4 Å². The average molecular weight is 592 g/mol. The number of fused-ring (bicyclic) bond motifs is 1. The van der Waals surface area contributed by atoms with E-state index in [1.54, 1.807) is 24.1 Å². The third-order valence-electron chi connectivity index (χ3n) is 7.22. The molecule has 9 nitrogen and oxygen atoms in total. The van der Waals surface area contributed by atoms with Gasteiger partial charge < -0.3 is 19.1 Å². The highest BCUT2D eigenvalue weighted by atomic mass is 32.2. The van der Waals surface area contributed by atoms with Gasteiger partial charge in [-0.3, -0.25) is 0 Å². The van der Waals surface area contributed by atoms with Crippen molar-refractivity contribution in [2.45, 2.75) is 57.1 Å². The van der Waals surface area contributed by atoms with Crippen molar-refractivity contribution in [3.05, 3.63) is 66.2 Å². The Kier molecular flexibility index (Phi) is 7.94. The van der Waals surface area contributed by atoms with E-state index in [0.717, 1.165) is 33.6 Å². The summed E-state index contributed by atoms with van der Waals surface area (Å²) in [5.74, 6) is 1.24. The number of ether oxygens (including phenoxy) is 3. The third-order valence-corrected chi connectivity index (χ3v) is 8.35. The van der Waals surface area contributed by atoms with Gasteiger partial charge in [0.1, 0.15) is 11.7 Å². The minimum absolute atomic E-state index is 0.0441. The summed E-state index contributed by atoms with van der Waals surface area (Å²) in [5, 5.41) is 4.94. The Morgan fingerprint density at radius 3 is 2.21 bits per heavy atom. The van der Waals surface area contributed by atoms with E-state index in [4.69, 9.17) is 19.3 Å². The van der Waals surface area contributed by atoms with Crippen LogP contribution >= 0.6 is 0 Å². The molecule has 1 aliphatic rings. The van der Waals surface area contributed by atoms with Crippen LogP contribution in [0.5, 0.6) is 11.5 Å². The Labute approximate surface area is 246 Å². The SMILES string of the molecule is COc1cc(-c2ccc3cc(C)c(-c4ccc(S(C)(=O)=O)cc4)n3n2)ccc1OC1CCN(C(=O)OC(C)(C)C)CC1. The van der Waals surface area contributed by atoms with Gasteiger partial charge in [0.25, 0.3) is 0 Å². The zero-order valence-corrected chi connectivity index (χ0v) is 25.7. The van der Waals surface area contributed by atoms with Crippen molar-refractivity contribution < 1.29 is 27.4 Å². The first-order valence-corrected chi connectivity index (χ1v) is 15.8. The van der Waals surface area contributed by atoms with Crippen LogP contribution in [-0.2, 0) is 14.6 Å². The van der Waals surface area contributed by atoms with E-state index in [1.807, 2.05) is 74.7 Å². The lowest BCUT2D eigenvalue weighted by Gasteiger charge is -2.33. The summed E-state index contributed by atoms with van der Waals surface area (Å²) in [4.78, 5) is 14.4. The highest BCUT2D eigenvalue weighted by molar-refractivity contribution is 7.90. The molecule has 0 atom stereocenters. The van der Waals surface area contributed by atoms with Gasteiger partial charge in [0, 0.05) is 43.3 Å². The first-order valence-electron chi connectivity index (χ1n) is 14.0. The van der Waals surface area contributed by atoms with Gasteiger partial charge in [-0.2, -0.15) is 5.10 Å². The lowest BCUT2D eigenvalue weighted by molar-refractivity contribution is 0.0124. The van der Waals surface area contributed by atoms with Crippen LogP contribution < -0.4 is 9.47 Å². The predicted molar refractivity (Wildman–Crippen MR) is 162 cm³/mol. The highest BCUT2D eigenvalue weighted by Crippen LogP contribution is 2.35. The van der Waals surface area contributed by atoms with Crippen molar-refractivity contribution in [3.63, 3.8) is 0 Å². The van der Waals surface area contributed by atoms with Crippen LogP contribution in [0.4, 0.5) is 4.79 Å². The summed E-state index contributed by atoms with van der Waals surface area (Å²) in [6.07, 6.45) is 2.26. The lowest BCUT2D eigenvalue weighted by atomic mass is 10.1. The predicted octanol–water partition coefficient (Wildman–Crippen LogP) is 6.17. The van der Waals surface area contributed by atoms with Crippen LogP contribution in [-0.4, -0.2) is 67.2 Å². The monoisotopic (exact) mass is 591 g/mol. The minimum Gasteiger partial charge on any atom is -0.493 e. The number of piperidine rings is 1. The fourth-order valence-corrected chi connectivity index (χ4v) is 5.76. The number of rotatable bonds is 6. The maximum atomic E-state index is 12.4. The van der Waals surface area contributed by atoms with Crippen molar-refractivity contribution in [2.24, 2.45) is 0 Å². The number of carbonyl (C=O) groups is 1. The number of sulfone groups is 1. The summed E-state index contributed by atoms with van der Waals surface area (Å²) in [7, 11) is -1.67. The number of hydrogen-bond acceptors (Lipinski definition) is 7. The minimum atomic E-state index is -3.28. The van der Waals surface area contributed by atoms with E-state index >= 15 is 0 Å². The van der Waals surface area contributed by atoms with E-state index in [9.17, 15) is 13.2 Å². The van der Waals surface area contributed by atoms with Gasteiger partial charge in [-0.25, -0.2) is 17.7 Å². The molecule has 0 unspecified atom stereocenters. The van der Waals surface area contributed by atoms with Crippen LogP contribution in [0.15, 0.2) is 65.6 Å². The summed E-state index contributed by atoms with van der Waals surface area (Å²) in [5.41, 5.74) is 4.84. The second-order valence-electron chi connectivity index (χ2n) is 11.7. The van der Waals surface area contributed by atoms with Crippen molar-refractivity contribution in [1.29, 1.82) is 0 Å². The Morgan fingerprint density at radius 2 is 1.60 bits per heavy atom. The Bertz CT molecular complexity index is 1710. The zero-order valence-electron chi connectivity index (χ0n) is 24.9. The molecule has 0 radical (unpaired) electrons. The molecule has 0 aliphatic carbocycles. The van der Waals surface area contributed by atoms with Gasteiger partial charge >= 0.3 is 6.09 Å².